The van der Waals surface area contributed by atoms with Crippen LogP contribution >= 0.6 is 0 Å². The monoisotopic (exact) mass is 198 g/mol. The predicted molar refractivity (Wildman–Crippen MR) is 57.2 cm³/mol. The fourth-order valence-corrected chi connectivity index (χ4v) is 1.07. The molecule has 0 amide bonds. The van der Waals surface area contributed by atoms with Crippen LogP contribution in [0.15, 0.2) is 16.9 Å². The van der Waals surface area contributed by atoms with Gasteiger partial charge in [-0.25, -0.2) is 4.79 Å². The maximum Gasteiger partial charge on any atom is 0.333 e. The molecular weight excluding hydrogens is 180 g/mol. The zero-order valence-corrected chi connectivity index (χ0v) is 9.24. The lowest BCUT2D eigenvalue weighted by atomic mass is 10.2. The molecule has 0 saturated carbocycles. The second kappa shape index (κ2) is 6.18. The summed E-state index contributed by atoms with van der Waals surface area (Å²) in [5, 5.41) is 14.5. The van der Waals surface area contributed by atoms with E-state index in [4.69, 9.17) is 5.11 Å². The van der Waals surface area contributed by atoms with Crippen LogP contribution in [0.4, 0.5) is 0 Å². The van der Waals surface area contributed by atoms with E-state index in [0.29, 0.717) is 12.0 Å². The first-order valence-electron chi connectivity index (χ1n) is 4.66. The minimum Gasteiger partial charge on any atom is -0.478 e. The van der Waals surface area contributed by atoms with Crippen molar-refractivity contribution in [2.24, 2.45) is 5.10 Å². The Labute approximate surface area is 84.9 Å². The van der Waals surface area contributed by atoms with Crippen LogP contribution in [0.2, 0.25) is 0 Å². The minimum atomic E-state index is -0.873. The van der Waals surface area contributed by atoms with E-state index in [-0.39, 0.29) is 0 Å². The van der Waals surface area contributed by atoms with Crippen LogP contribution in [0.3, 0.4) is 0 Å². The molecule has 0 saturated heterocycles. The van der Waals surface area contributed by atoms with Gasteiger partial charge in [-0.3, -0.25) is 5.01 Å². The normalized spacial score (nSPS) is 11.0. The second-order valence-electron chi connectivity index (χ2n) is 3.33. The van der Waals surface area contributed by atoms with Crippen LogP contribution in [0.1, 0.15) is 33.6 Å². The topological polar surface area (TPSA) is 52.9 Å². The summed E-state index contributed by atoms with van der Waals surface area (Å²) < 4.78 is 0. The molecule has 0 spiro atoms. The maximum atomic E-state index is 10.8. The summed E-state index contributed by atoms with van der Waals surface area (Å²) in [6, 6.07) is 0. The predicted octanol–water partition coefficient (Wildman–Crippen LogP) is 2.08. The third-order valence-electron chi connectivity index (χ3n) is 1.49. The molecule has 0 aliphatic carbocycles. The van der Waals surface area contributed by atoms with Crippen LogP contribution in [0, 0.1) is 0 Å². The third kappa shape index (κ3) is 5.35. The first-order chi connectivity index (χ1) is 6.47. The molecule has 1 N–H and O–H groups in total. The standard InChI is InChI=1S/C10H18N2O2/c1-5-6-9(10(13)14)7-12(4)11-8(2)3/h7H,5-6H2,1-4H3,(H,13,14). The number of hydrogen-bond acceptors (Lipinski definition) is 3. The number of rotatable bonds is 5. The fourth-order valence-electron chi connectivity index (χ4n) is 1.07. The molecule has 80 valence electrons. The van der Waals surface area contributed by atoms with Gasteiger partial charge in [0, 0.05) is 19.0 Å². The molecule has 0 rings (SSSR count). The summed E-state index contributed by atoms with van der Waals surface area (Å²) in [5.74, 6) is -0.873. The van der Waals surface area contributed by atoms with Gasteiger partial charge in [-0.1, -0.05) is 13.3 Å². The smallest absolute Gasteiger partial charge is 0.333 e. The first-order valence-corrected chi connectivity index (χ1v) is 4.66. The highest BCUT2D eigenvalue weighted by Gasteiger charge is 2.06. The van der Waals surface area contributed by atoms with E-state index >= 15 is 0 Å². The molecule has 0 bridgehead atoms. The highest BCUT2D eigenvalue weighted by Crippen LogP contribution is 2.06. The largest absolute Gasteiger partial charge is 0.478 e. The van der Waals surface area contributed by atoms with Crippen molar-refractivity contribution in [2.75, 3.05) is 7.05 Å². The third-order valence-corrected chi connectivity index (χ3v) is 1.49. The Morgan fingerprint density at radius 2 is 2.07 bits per heavy atom. The second-order valence-corrected chi connectivity index (χ2v) is 3.33. The van der Waals surface area contributed by atoms with E-state index < -0.39 is 5.97 Å². The van der Waals surface area contributed by atoms with Crippen molar-refractivity contribution in [3.8, 4) is 0 Å². The molecule has 14 heavy (non-hydrogen) atoms. The van der Waals surface area contributed by atoms with E-state index in [1.807, 2.05) is 20.8 Å². The van der Waals surface area contributed by atoms with Crippen LogP contribution in [-0.2, 0) is 4.79 Å². The van der Waals surface area contributed by atoms with Gasteiger partial charge in [0.1, 0.15) is 0 Å². The molecule has 0 aromatic carbocycles. The van der Waals surface area contributed by atoms with E-state index in [1.54, 1.807) is 13.2 Å². The van der Waals surface area contributed by atoms with Gasteiger partial charge in [0.2, 0.25) is 0 Å². The molecule has 4 nitrogen and oxygen atoms in total. The number of hydrogen-bond donors (Lipinski definition) is 1. The van der Waals surface area contributed by atoms with E-state index in [1.165, 1.54) is 5.01 Å². The lowest BCUT2D eigenvalue weighted by molar-refractivity contribution is -0.132. The average molecular weight is 198 g/mol. The van der Waals surface area contributed by atoms with Crippen molar-refractivity contribution in [1.82, 2.24) is 5.01 Å². The van der Waals surface area contributed by atoms with Crippen molar-refractivity contribution in [3.63, 3.8) is 0 Å². The number of carboxylic acids is 1. The molecule has 0 aliphatic rings. The van der Waals surface area contributed by atoms with Gasteiger partial charge in [-0.15, -0.1) is 0 Å². The van der Waals surface area contributed by atoms with Crippen molar-refractivity contribution in [1.29, 1.82) is 0 Å². The summed E-state index contributed by atoms with van der Waals surface area (Å²) in [4.78, 5) is 10.8. The molecule has 0 fully saturated rings. The first kappa shape index (κ1) is 12.7. The maximum absolute atomic E-state index is 10.8. The molecule has 0 heterocycles. The van der Waals surface area contributed by atoms with Gasteiger partial charge in [-0.05, 0) is 20.3 Å². The van der Waals surface area contributed by atoms with Gasteiger partial charge < -0.3 is 5.11 Å². The summed E-state index contributed by atoms with van der Waals surface area (Å²) in [6.07, 6.45) is 2.94. The molecule has 0 atom stereocenters. The number of hydrazone groups is 1. The Hall–Kier alpha value is -1.32. The molecular formula is C10H18N2O2. The Kier molecular flexibility index (Phi) is 5.60. The number of carbonyl (C=O) groups is 1. The number of aliphatic carboxylic acids is 1. The van der Waals surface area contributed by atoms with Crippen molar-refractivity contribution >= 4 is 11.7 Å². The number of carboxylic acid groups (broad SMARTS) is 1. The van der Waals surface area contributed by atoms with Gasteiger partial charge in [0.15, 0.2) is 0 Å². The fraction of sp³-hybridized carbons (Fsp3) is 0.600. The lowest BCUT2D eigenvalue weighted by Crippen LogP contribution is -2.09. The Morgan fingerprint density at radius 1 is 1.50 bits per heavy atom. The summed E-state index contributed by atoms with van der Waals surface area (Å²) in [7, 11) is 1.73. The van der Waals surface area contributed by atoms with Crippen LogP contribution in [-0.4, -0.2) is 28.8 Å². The molecule has 4 heteroatoms. The van der Waals surface area contributed by atoms with E-state index in [9.17, 15) is 4.79 Å². The van der Waals surface area contributed by atoms with Crippen molar-refractivity contribution in [2.45, 2.75) is 33.6 Å². The molecule has 0 unspecified atom stereocenters. The quantitative estimate of drug-likeness (QED) is 0.418. The van der Waals surface area contributed by atoms with Gasteiger partial charge in [-0.2, -0.15) is 5.10 Å². The SMILES string of the molecule is CCCC(=CN(C)N=C(C)C)C(=O)O. The Morgan fingerprint density at radius 3 is 2.43 bits per heavy atom. The molecule has 0 radical (unpaired) electrons. The van der Waals surface area contributed by atoms with Crippen LogP contribution < -0.4 is 0 Å². The van der Waals surface area contributed by atoms with Crippen LogP contribution in [0.25, 0.3) is 0 Å². The summed E-state index contributed by atoms with van der Waals surface area (Å²) in [6.45, 7) is 5.68. The van der Waals surface area contributed by atoms with Gasteiger partial charge in [0.25, 0.3) is 0 Å². The van der Waals surface area contributed by atoms with Crippen molar-refractivity contribution < 1.29 is 9.90 Å². The van der Waals surface area contributed by atoms with Gasteiger partial charge in [0.05, 0.1) is 5.57 Å². The average Bonchev–Trinajstić information content (AvgIpc) is 2.01. The van der Waals surface area contributed by atoms with Crippen molar-refractivity contribution in [3.05, 3.63) is 11.8 Å². The summed E-state index contributed by atoms with van der Waals surface area (Å²) >= 11 is 0. The summed E-state index contributed by atoms with van der Waals surface area (Å²) in [5.41, 5.74) is 1.28. The Balaban J connectivity index is 4.56. The molecule has 0 aromatic rings. The number of nitrogens with zero attached hydrogens (tertiary/aromatic N) is 2. The molecule has 0 aliphatic heterocycles. The zero-order valence-electron chi connectivity index (χ0n) is 9.24. The lowest BCUT2D eigenvalue weighted by Gasteiger charge is -2.09. The minimum absolute atomic E-state index is 0.389. The highest BCUT2D eigenvalue weighted by atomic mass is 16.4. The zero-order chi connectivity index (χ0) is 11.1. The van der Waals surface area contributed by atoms with Gasteiger partial charge >= 0.3 is 5.97 Å². The van der Waals surface area contributed by atoms with Crippen LogP contribution in [0.5, 0.6) is 0 Å². The highest BCUT2D eigenvalue weighted by molar-refractivity contribution is 5.86. The Bertz CT molecular complexity index is 253. The van der Waals surface area contributed by atoms with E-state index in [0.717, 1.165) is 12.1 Å². The van der Waals surface area contributed by atoms with E-state index in [2.05, 4.69) is 5.10 Å². The molecule has 0 aromatic heterocycles.